The van der Waals surface area contributed by atoms with Crippen LogP contribution in [-0.2, 0) is 23.8 Å². The Labute approximate surface area is 160 Å². The molecule has 0 saturated heterocycles. The van der Waals surface area contributed by atoms with Gasteiger partial charge >= 0.3 is 11.9 Å². The van der Waals surface area contributed by atoms with Gasteiger partial charge in [0.05, 0.1) is 19.9 Å². The monoisotopic (exact) mass is 383 g/mol. The molecule has 0 unspecified atom stereocenters. The fraction of sp³-hybridized carbons (Fsp3) is 0.200. The van der Waals surface area contributed by atoms with Gasteiger partial charge in [0.2, 0.25) is 0 Å². The first-order valence-electron chi connectivity index (χ1n) is 8.32. The zero-order chi connectivity index (χ0) is 19.0. The highest BCUT2D eigenvalue weighted by molar-refractivity contribution is 8.00. The van der Waals surface area contributed by atoms with Crippen molar-refractivity contribution >= 4 is 29.4 Å². The molecule has 0 saturated carbocycles. The molecule has 0 aliphatic carbocycles. The van der Waals surface area contributed by atoms with Gasteiger partial charge in [0, 0.05) is 4.90 Å². The van der Waals surface area contributed by atoms with Crippen molar-refractivity contribution in [2.24, 2.45) is 0 Å². The van der Waals surface area contributed by atoms with Crippen molar-refractivity contribution in [1.29, 1.82) is 0 Å². The van der Waals surface area contributed by atoms with Gasteiger partial charge in [-0.3, -0.25) is 4.90 Å². The van der Waals surface area contributed by atoms with Gasteiger partial charge < -0.3 is 14.2 Å². The summed E-state index contributed by atoms with van der Waals surface area (Å²) in [7, 11) is 2.58. The van der Waals surface area contributed by atoms with Gasteiger partial charge in [-0.2, -0.15) is 0 Å². The maximum absolute atomic E-state index is 12.7. The average Bonchev–Trinajstić information content (AvgIpc) is 3.10. The van der Waals surface area contributed by atoms with Gasteiger partial charge in [-0.25, -0.2) is 9.59 Å². The number of benzene rings is 2. The molecule has 0 amide bonds. The molecule has 0 fully saturated rings. The number of rotatable bonds is 3. The number of carbonyl (C=O) groups is 2. The van der Waals surface area contributed by atoms with Crippen molar-refractivity contribution in [3.63, 3.8) is 0 Å². The fourth-order valence-corrected chi connectivity index (χ4v) is 4.43. The Balaban J connectivity index is 1.95. The number of anilines is 1. The van der Waals surface area contributed by atoms with E-state index in [1.165, 1.54) is 26.0 Å². The van der Waals surface area contributed by atoms with Crippen molar-refractivity contribution in [3.8, 4) is 0 Å². The molecule has 2 aliphatic heterocycles. The molecular formula is C20H17NO5S. The Morgan fingerprint density at radius 3 is 2.33 bits per heavy atom. The van der Waals surface area contributed by atoms with E-state index in [9.17, 15) is 9.59 Å². The number of hydrogen-bond donors (Lipinski definition) is 0. The van der Waals surface area contributed by atoms with Crippen LogP contribution in [-0.4, -0.2) is 31.7 Å². The molecule has 0 bridgehead atoms. The zero-order valence-corrected chi connectivity index (χ0v) is 15.6. The van der Waals surface area contributed by atoms with E-state index in [2.05, 4.69) is 0 Å². The molecule has 2 aromatic carbocycles. The van der Waals surface area contributed by atoms with Crippen LogP contribution in [0.25, 0.3) is 0 Å². The lowest BCUT2D eigenvalue weighted by atomic mass is 9.97. The molecule has 27 heavy (non-hydrogen) atoms. The summed E-state index contributed by atoms with van der Waals surface area (Å²) in [6, 6.07) is 16.9. The Morgan fingerprint density at radius 2 is 1.63 bits per heavy atom. The van der Waals surface area contributed by atoms with Crippen LogP contribution in [0.3, 0.4) is 0 Å². The highest BCUT2D eigenvalue weighted by Crippen LogP contribution is 2.52. The quantitative estimate of drug-likeness (QED) is 0.754. The number of thioether (sulfide) groups is 1. The van der Waals surface area contributed by atoms with Crippen LogP contribution in [0.5, 0.6) is 0 Å². The Bertz CT molecular complexity index is 927. The van der Waals surface area contributed by atoms with E-state index in [0.717, 1.165) is 16.1 Å². The van der Waals surface area contributed by atoms with Crippen LogP contribution in [0.2, 0.25) is 0 Å². The molecule has 138 valence electrons. The van der Waals surface area contributed by atoms with E-state index < -0.39 is 23.6 Å². The predicted molar refractivity (Wildman–Crippen MR) is 99.9 cm³/mol. The maximum atomic E-state index is 12.7. The van der Waals surface area contributed by atoms with E-state index in [4.69, 9.17) is 14.2 Å². The van der Waals surface area contributed by atoms with Gasteiger partial charge in [0.1, 0.15) is 17.4 Å². The molecule has 2 heterocycles. The minimum absolute atomic E-state index is 0.129. The number of para-hydroxylation sites is 1. The molecule has 0 aromatic heterocycles. The molecule has 2 aliphatic rings. The van der Waals surface area contributed by atoms with Crippen molar-refractivity contribution in [3.05, 3.63) is 71.4 Å². The van der Waals surface area contributed by atoms with E-state index >= 15 is 0 Å². The number of methoxy groups -OCH3 is 2. The third kappa shape index (κ3) is 2.89. The van der Waals surface area contributed by atoms with Crippen LogP contribution in [0.15, 0.2) is 70.8 Å². The topological polar surface area (TPSA) is 65.1 Å². The van der Waals surface area contributed by atoms with Crippen molar-refractivity contribution < 1.29 is 23.8 Å². The summed E-state index contributed by atoms with van der Waals surface area (Å²) in [4.78, 5) is 28.1. The summed E-state index contributed by atoms with van der Waals surface area (Å²) in [6.45, 7) is 0. The molecule has 6 nitrogen and oxygen atoms in total. The fourth-order valence-electron chi connectivity index (χ4n) is 3.28. The van der Waals surface area contributed by atoms with Crippen LogP contribution in [0.4, 0.5) is 5.69 Å². The lowest BCUT2D eigenvalue weighted by Gasteiger charge is -2.37. The summed E-state index contributed by atoms with van der Waals surface area (Å²) >= 11 is 1.48. The van der Waals surface area contributed by atoms with E-state index in [1.807, 2.05) is 54.6 Å². The molecule has 2 atom stereocenters. The molecule has 2 aromatic rings. The summed E-state index contributed by atoms with van der Waals surface area (Å²) in [5, 5.41) is 0. The molecule has 0 radical (unpaired) electrons. The highest BCUT2D eigenvalue weighted by Gasteiger charge is 2.47. The number of hydrogen-bond acceptors (Lipinski definition) is 7. The molecule has 0 spiro atoms. The largest absolute Gasteiger partial charge is 0.466 e. The van der Waals surface area contributed by atoms with Crippen LogP contribution < -0.4 is 4.90 Å². The average molecular weight is 383 g/mol. The SMILES string of the molecule is COC(=O)C1=C(C(=O)OC)N2c3ccccc3S[C@H]2O[C@@H]1c1ccccc1. The Kier molecular flexibility index (Phi) is 4.63. The summed E-state index contributed by atoms with van der Waals surface area (Å²) in [5.41, 5.74) is 1.34. The van der Waals surface area contributed by atoms with Gasteiger partial charge in [-0.15, -0.1) is 0 Å². The third-order valence-corrected chi connectivity index (χ3v) is 5.58. The third-order valence-electron chi connectivity index (χ3n) is 4.46. The van der Waals surface area contributed by atoms with Gasteiger partial charge in [-0.1, -0.05) is 54.2 Å². The minimum Gasteiger partial charge on any atom is -0.466 e. The number of ether oxygens (including phenoxy) is 3. The van der Waals surface area contributed by atoms with Crippen molar-refractivity contribution in [2.75, 3.05) is 19.1 Å². The van der Waals surface area contributed by atoms with Gasteiger partial charge in [0.15, 0.2) is 5.56 Å². The van der Waals surface area contributed by atoms with Crippen LogP contribution in [0, 0.1) is 0 Å². The number of nitrogens with zero attached hydrogens (tertiary/aromatic N) is 1. The first kappa shape index (κ1) is 17.6. The van der Waals surface area contributed by atoms with E-state index in [1.54, 1.807) is 4.90 Å². The number of fused-ring (bicyclic) bond motifs is 3. The maximum Gasteiger partial charge on any atom is 0.355 e. The standard InChI is InChI=1S/C20H17NO5S/c1-24-18(22)15-16(19(23)25-2)21-13-10-6-7-11-14(13)27-20(21)26-17(15)12-8-4-3-5-9-12/h3-11,17,20H,1-2H3/t17-,20-/m1/s1. The summed E-state index contributed by atoms with van der Waals surface area (Å²) < 4.78 is 16.3. The molecular weight excluding hydrogens is 366 g/mol. The molecule has 0 N–H and O–H groups in total. The lowest BCUT2D eigenvalue weighted by Crippen LogP contribution is -2.43. The second-order valence-electron chi connectivity index (χ2n) is 5.93. The Morgan fingerprint density at radius 1 is 0.963 bits per heavy atom. The summed E-state index contributed by atoms with van der Waals surface area (Å²) in [6.07, 6.45) is -0.740. The highest BCUT2D eigenvalue weighted by atomic mass is 32.2. The van der Waals surface area contributed by atoms with Gasteiger partial charge in [0.25, 0.3) is 0 Å². The second kappa shape index (κ2) is 7.09. The predicted octanol–water partition coefficient (Wildman–Crippen LogP) is 3.25. The van der Waals surface area contributed by atoms with Crippen LogP contribution in [0.1, 0.15) is 11.7 Å². The lowest BCUT2D eigenvalue weighted by molar-refractivity contribution is -0.142. The van der Waals surface area contributed by atoms with E-state index in [-0.39, 0.29) is 11.3 Å². The molecule has 4 rings (SSSR count). The first-order valence-corrected chi connectivity index (χ1v) is 9.19. The van der Waals surface area contributed by atoms with Crippen molar-refractivity contribution in [1.82, 2.24) is 0 Å². The first-order chi connectivity index (χ1) is 13.2. The van der Waals surface area contributed by atoms with Crippen LogP contribution >= 0.6 is 11.8 Å². The number of carbonyl (C=O) groups excluding carboxylic acids is 2. The van der Waals surface area contributed by atoms with Crippen molar-refractivity contribution in [2.45, 2.75) is 16.6 Å². The van der Waals surface area contributed by atoms with E-state index in [0.29, 0.717) is 0 Å². The smallest absolute Gasteiger partial charge is 0.355 e. The summed E-state index contributed by atoms with van der Waals surface area (Å²) in [5.74, 6) is -1.24. The Hall–Kier alpha value is -2.77. The second-order valence-corrected chi connectivity index (χ2v) is 7.01. The zero-order valence-electron chi connectivity index (χ0n) is 14.7. The van der Waals surface area contributed by atoms with Gasteiger partial charge in [-0.05, 0) is 17.7 Å². The molecule has 7 heteroatoms. The number of esters is 2. The normalized spacial score (nSPS) is 20.7. The minimum atomic E-state index is -0.740.